The first-order valence-corrected chi connectivity index (χ1v) is 6.26. The zero-order chi connectivity index (χ0) is 14.7. The summed E-state index contributed by atoms with van der Waals surface area (Å²) in [5, 5.41) is 10.9. The van der Waals surface area contributed by atoms with Crippen molar-refractivity contribution in [1.82, 2.24) is 9.55 Å². The van der Waals surface area contributed by atoms with Crippen LogP contribution in [0.25, 0.3) is 0 Å². The van der Waals surface area contributed by atoms with Crippen LogP contribution in [0.1, 0.15) is 5.56 Å². The first-order valence-electron chi connectivity index (χ1n) is 5.47. The number of hydrogen-bond donors (Lipinski definition) is 2. The number of nitro groups is 1. The minimum Gasteiger partial charge on any atom is -0.318 e. The Bertz CT molecular complexity index is 715. The van der Waals surface area contributed by atoms with Gasteiger partial charge in [-0.05, 0) is 27.6 Å². The number of nitro benzene ring substituents is 1. The minimum atomic E-state index is -0.541. The molecule has 1 heterocycles. The van der Waals surface area contributed by atoms with E-state index in [1.165, 1.54) is 29.2 Å². The number of hydrogen-bond acceptors (Lipinski definition) is 6. The molecule has 0 saturated carbocycles. The van der Waals surface area contributed by atoms with Crippen molar-refractivity contribution in [2.75, 3.05) is 5.43 Å². The van der Waals surface area contributed by atoms with E-state index in [2.05, 4.69) is 26.3 Å². The fraction of sp³-hybridized carbons (Fsp3) is 0.0909. The van der Waals surface area contributed by atoms with E-state index in [0.29, 0.717) is 10.0 Å². The van der Waals surface area contributed by atoms with E-state index in [1.54, 1.807) is 6.07 Å². The average molecular weight is 340 g/mol. The molecule has 0 unspecified atom stereocenters. The second-order valence-electron chi connectivity index (χ2n) is 3.93. The number of nitrogens with zero attached hydrogens (tertiary/aromatic N) is 3. The number of nitrogen functional groups attached to an aromatic ring is 1. The predicted molar refractivity (Wildman–Crippen MR) is 76.2 cm³/mol. The Morgan fingerprint density at radius 1 is 1.50 bits per heavy atom. The van der Waals surface area contributed by atoms with Gasteiger partial charge in [0.1, 0.15) is 10.2 Å². The molecule has 8 nitrogen and oxygen atoms in total. The molecule has 2 aromatic rings. The summed E-state index contributed by atoms with van der Waals surface area (Å²) in [4.78, 5) is 26.1. The summed E-state index contributed by atoms with van der Waals surface area (Å²) >= 11 is 3.09. The Hall–Kier alpha value is -2.26. The average Bonchev–Trinajstić information content (AvgIpc) is 2.43. The number of nitrogens with one attached hydrogen (secondary N) is 1. The maximum Gasteiger partial charge on any atom is 0.293 e. The molecule has 0 aliphatic carbocycles. The molecular weight excluding hydrogens is 330 g/mol. The van der Waals surface area contributed by atoms with Crippen molar-refractivity contribution in [3.8, 4) is 0 Å². The summed E-state index contributed by atoms with van der Waals surface area (Å²) in [6.07, 6.45) is 2.76. The van der Waals surface area contributed by atoms with Gasteiger partial charge in [0, 0.05) is 12.3 Å². The number of benzene rings is 1. The molecule has 0 amide bonds. The lowest BCUT2D eigenvalue weighted by atomic mass is 10.1. The van der Waals surface area contributed by atoms with Gasteiger partial charge in [-0.1, -0.05) is 6.07 Å². The molecule has 20 heavy (non-hydrogen) atoms. The second-order valence-corrected chi connectivity index (χ2v) is 4.78. The first-order chi connectivity index (χ1) is 9.52. The summed E-state index contributed by atoms with van der Waals surface area (Å²) in [5.74, 6) is 5.21. The Balaban J connectivity index is 2.39. The molecule has 1 aromatic carbocycles. The Labute approximate surface area is 121 Å². The lowest BCUT2D eigenvalue weighted by Crippen LogP contribution is -2.21. The van der Waals surface area contributed by atoms with Crippen molar-refractivity contribution < 1.29 is 4.92 Å². The van der Waals surface area contributed by atoms with Gasteiger partial charge in [-0.2, -0.15) is 0 Å². The van der Waals surface area contributed by atoms with Crippen molar-refractivity contribution >= 4 is 27.3 Å². The molecule has 0 bridgehead atoms. The monoisotopic (exact) mass is 339 g/mol. The van der Waals surface area contributed by atoms with Gasteiger partial charge < -0.3 is 5.43 Å². The van der Waals surface area contributed by atoms with E-state index >= 15 is 0 Å². The van der Waals surface area contributed by atoms with Crippen molar-refractivity contribution in [2.45, 2.75) is 6.54 Å². The van der Waals surface area contributed by atoms with Crippen LogP contribution < -0.4 is 16.8 Å². The van der Waals surface area contributed by atoms with Crippen LogP contribution in [-0.2, 0) is 6.54 Å². The molecule has 0 aliphatic heterocycles. The SMILES string of the molecule is NNc1ccc(Cn2cncc(Br)c2=O)cc1[N+](=O)[O-]. The lowest BCUT2D eigenvalue weighted by Gasteiger charge is -2.07. The van der Waals surface area contributed by atoms with Crippen molar-refractivity contribution in [2.24, 2.45) is 5.84 Å². The molecule has 0 spiro atoms. The van der Waals surface area contributed by atoms with Gasteiger partial charge in [-0.15, -0.1) is 0 Å². The van der Waals surface area contributed by atoms with E-state index < -0.39 is 4.92 Å². The van der Waals surface area contributed by atoms with E-state index in [-0.39, 0.29) is 23.5 Å². The molecule has 9 heteroatoms. The van der Waals surface area contributed by atoms with Crippen LogP contribution in [0.4, 0.5) is 11.4 Å². The number of aromatic nitrogens is 2. The number of anilines is 1. The fourth-order valence-electron chi connectivity index (χ4n) is 1.68. The molecule has 0 saturated heterocycles. The molecule has 0 atom stereocenters. The highest BCUT2D eigenvalue weighted by Gasteiger charge is 2.14. The molecule has 3 N–H and O–H groups in total. The minimum absolute atomic E-state index is 0.152. The predicted octanol–water partition coefficient (Wildman–Crippen LogP) is 1.25. The van der Waals surface area contributed by atoms with E-state index in [1.807, 2.05) is 0 Å². The fourth-order valence-corrected chi connectivity index (χ4v) is 2.03. The van der Waals surface area contributed by atoms with E-state index in [4.69, 9.17) is 5.84 Å². The maximum atomic E-state index is 11.8. The highest BCUT2D eigenvalue weighted by Crippen LogP contribution is 2.24. The number of hydrazine groups is 1. The number of halogens is 1. The first kappa shape index (κ1) is 14.2. The van der Waals surface area contributed by atoms with Crippen LogP contribution in [0.15, 0.2) is 40.0 Å². The summed E-state index contributed by atoms with van der Waals surface area (Å²) in [6, 6.07) is 4.50. The third kappa shape index (κ3) is 2.83. The summed E-state index contributed by atoms with van der Waals surface area (Å²) in [6.45, 7) is 0.178. The summed E-state index contributed by atoms with van der Waals surface area (Å²) < 4.78 is 1.67. The van der Waals surface area contributed by atoms with Crippen LogP contribution in [0.3, 0.4) is 0 Å². The molecule has 1 aromatic heterocycles. The maximum absolute atomic E-state index is 11.8. The topological polar surface area (TPSA) is 116 Å². The largest absolute Gasteiger partial charge is 0.318 e. The van der Waals surface area contributed by atoms with Gasteiger partial charge in [-0.3, -0.25) is 25.3 Å². The molecule has 0 radical (unpaired) electrons. The zero-order valence-corrected chi connectivity index (χ0v) is 11.7. The molecule has 104 valence electrons. The highest BCUT2D eigenvalue weighted by atomic mass is 79.9. The Morgan fingerprint density at radius 2 is 2.25 bits per heavy atom. The summed E-state index contributed by atoms with van der Waals surface area (Å²) in [5.41, 5.74) is 2.65. The normalized spacial score (nSPS) is 10.3. The standard InChI is InChI=1S/C11H10BrN5O3/c12-8-4-14-6-16(11(8)18)5-7-1-2-9(15-13)10(3-7)17(19)20/h1-4,6,15H,5,13H2. The summed E-state index contributed by atoms with van der Waals surface area (Å²) in [7, 11) is 0. The van der Waals surface area contributed by atoms with Crippen molar-refractivity contribution in [1.29, 1.82) is 0 Å². The van der Waals surface area contributed by atoms with Gasteiger partial charge in [0.2, 0.25) is 0 Å². The second kappa shape index (κ2) is 5.80. The Kier molecular flexibility index (Phi) is 4.11. The number of nitrogens with two attached hydrogens (primary N) is 1. The zero-order valence-electron chi connectivity index (χ0n) is 10.1. The van der Waals surface area contributed by atoms with Crippen LogP contribution in [0.2, 0.25) is 0 Å². The van der Waals surface area contributed by atoms with Crippen LogP contribution in [-0.4, -0.2) is 14.5 Å². The van der Waals surface area contributed by atoms with Gasteiger partial charge >= 0.3 is 0 Å². The molecule has 0 aliphatic rings. The smallest absolute Gasteiger partial charge is 0.293 e. The highest BCUT2D eigenvalue weighted by molar-refractivity contribution is 9.10. The van der Waals surface area contributed by atoms with Crippen molar-refractivity contribution in [3.63, 3.8) is 0 Å². The molecule has 2 rings (SSSR count). The third-order valence-electron chi connectivity index (χ3n) is 2.63. The quantitative estimate of drug-likeness (QED) is 0.492. The van der Waals surface area contributed by atoms with Gasteiger partial charge in [0.25, 0.3) is 11.2 Å². The molecular formula is C11H10BrN5O3. The molecule has 0 fully saturated rings. The van der Waals surface area contributed by atoms with Crippen LogP contribution in [0, 0.1) is 10.1 Å². The van der Waals surface area contributed by atoms with Gasteiger partial charge in [-0.25, -0.2) is 4.98 Å². The van der Waals surface area contributed by atoms with Gasteiger partial charge in [0.15, 0.2) is 0 Å². The van der Waals surface area contributed by atoms with E-state index in [0.717, 1.165) is 0 Å². The lowest BCUT2D eigenvalue weighted by molar-refractivity contribution is -0.384. The van der Waals surface area contributed by atoms with Crippen LogP contribution >= 0.6 is 15.9 Å². The van der Waals surface area contributed by atoms with Crippen molar-refractivity contribution in [3.05, 3.63) is 61.2 Å². The number of rotatable bonds is 4. The van der Waals surface area contributed by atoms with Gasteiger partial charge in [0.05, 0.1) is 17.8 Å². The Morgan fingerprint density at radius 3 is 2.90 bits per heavy atom. The van der Waals surface area contributed by atoms with E-state index in [9.17, 15) is 14.9 Å². The third-order valence-corrected chi connectivity index (χ3v) is 3.17. The van der Waals surface area contributed by atoms with Crippen LogP contribution in [0.5, 0.6) is 0 Å².